The summed E-state index contributed by atoms with van der Waals surface area (Å²) in [5.74, 6) is 2.10. The second-order valence-corrected chi connectivity index (χ2v) is 5.74. The lowest BCUT2D eigenvalue weighted by Crippen LogP contribution is -2.02. The van der Waals surface area contributed by atoms with Gasteiger partial charge >= 0.3 is 0 Å². The number of rotatable bonds is 2. The Morgan fingerprint density at radius 2 is 2.00 bits per heavy atom. The van der Waals surface area contributed by atoms with Gasteiger partial charge in [-0.05, 0) is 24.6 Å². The summed E-state index contributed by atoms with van der Waals surface area (Å²) in [7, 11) is 1.97. The van der Waals surface area contributed by atoms with Gasteiger partial charge in [0.15, 0.2) is 0 Å². The second-order valence-electron chi connectivity index (χ2n) is 4.88. The Morgan fingerprint density at radius 1 is 1.33 bits per heavy atom. The van der Waals surface area contributed by atoms with Gasteiger partial charge in [0.05, 0.1) is 0 Å². The first-order valence-corrected chi connectivity index (χ1v) is 6.79. The second kappa shape index (κ2) is 4.76. The molecule has 0 atom stereocenters. The highest BCUT2D eigenvalue weighted by molar-refractivity contribution is 9.10. The fraction of sp³-hybridized carbons (Fsp3) is 0.357. The van der Waals surface area contributed by atoms with Gasteiger partial charge in [-0.1, -0.05) is 35.8 Å². The lowest BCUT2D eigenvalue weighted by molar-refractivity contribution is 0.715. The Morgan fingerprint density at radius 3 is 2.50 bits per heavy atom. The third kappa shape index (κ3) is 2.17. The molecule has 1 heterocycles. The minimum atomic E-state index is 0.364. The van der Waals surface area contributed by atoms with Crippen LogP contribution in [-0.4, -0.2) is 9.55 Å². The summed E-state index contributed by atoms with van der Waals surface area (Å²) < 4.78 is 3.07. The topological polar surface area (TPSA) is 43.8 Å². The molecule has 0 fully saturated rings. The molecular weight excluding hydrogens is 290 g/mol. The number of nitrogens with zero attached hydrogens (tertiary/aromatic N) is 2. The molecule has 96 valence electrons. The predicted molar refractivity (Wildman–Crippen MR) is 79.6 cm³/mol. The van der Waals surface area contributed by atoms with Crippen LogP contribution in [0.1, 0.15) is 31.2 Å². The first-order chi connectivity index (χ1) is 8.41. The standard InChI is InChI=1S/C14H18BrN3/c1-8(2)14-17-12(13(16)18(14)4)10-5-6-11(15)9(3)7-10/h5-8H,16H2,1-4H3. The molecule has 0 unspecified atom stereocenters. The Labute approximate surface area is 116 Å². The number of nitrogens with two attached hydrogens (primary N) is 1. The molecule has 1 aromatic carbocycles. The Bertz CT molecular complexity index is 585. The van der Waals surface area contributed by atoms with Gasteiger partial charge in [0.2, 0.25) is 0 Å². The maximum atomic E-state index is 6.15. The summed E-state index contributed by atoms with van der Waals surface area (Å²) in [5, 5.41) is 0. The molecule has 0 aliphatic carbocycles. The van der Waals surface area contributed by atoms with E-state index in [-0.39, 0.29) is 0 Å². The molecular formula is C14H18BrN3. The fourth-order valence-electron chi connectivity index (χ4n) is 2.05. The molecule has 0 spiro atoms. The van der Waals surface area contributed by atoms with Crippen LogP contribution in [0.15, 0.2) is 22.7 Å². The van der Waals surface area contributed by atoms with Crippen LogP contribution in [0.4, 0.5) is 5.82 Å². The van der Waals surface area contributed by atoms with E-state index in [0.717, 1.165) is 27.4 Å². The maximum Gasteiger partial charge on any atom is 0.131 e. The molecule has 0 saturated heterocycles. The van der Waals surface area contributed by atoms with E-state index in [1.54, 1.807) is 0 Å². The summed E-state index contributed by atoms with van der Waals surface area (Å²) in [6.45, 7) is 6.31. The van der Waals surface area contributed by atoms with Crippen LogP contribution in [-0.2, 0) is 7.05 Å². The molecule has 4 heteroatoms. The fourth-order valence-corrected chi connectivity index (χ4v) is 2.30. The van der Waals surface area contributed by atoms with Gasteiger partial charge in [0, 0.05) is 23.0 Å². The molecule has 18 heavy (non-hydrogen) atoms. The highest BCUT2D eigenvalue weighted by Gasteiger charge is 2.16. The number of benzene rings is 1. The first kappa shape index (κ1) is 13.1. The van der Waals surface area contributed by atoms with Crippen molar-refractivity contribution in [3.8, 4) is 11.3 Å². The van der Waals surface area contributed by atoms with E-state index in [2.05, 4.69) is 47.8 Å². The molecule has 2 N–H and O–H groups in total. The van der Waals surface area contributed by atoms with E-state index >= 15 is 0 Å². The van der Waals surface area contributed by atoms with Crippen molar-refractivity contribution < 1.29 is 0 Å². The van der Waals surface area contributed by atoms with E-state index in [1.165, 1.54) is 5.56 Å². The molecule has 0 saturated carbocycles. The number of anilines is 1. The molecule has 0 amide bonds. The van der Waals surface area contributed by atoms with Crippen molar-refractivity contribution in [2.24, 2.45) is 7.05 Å². The van der Waals surface area contributed by atoms with Crippen molar-refractivity contribution in [3.05, 3.63) is 34.1 Å². The average Bonchev–Trinajstić information content (AvgIpc) is 2.60. The summed E-state index contributed by atoms with van der Waals surface area (Å²) in [6, 6.07) is 6.18. The maximum absolute atomic E-state index is 6.15. The van der Waals surface area contributed by atoms with E-state index in [9.17, 15) is 0 Å². The van der Waals surface area contributed by atoms with Gasteiger partial charge in [-0.3, -0.25) is 0 Å². The summed E-state index contributed by atoms with van der Waals surface area (Å²) in [4.78, 5) is 4.67. The number of aromatic nitrogens is 2. The molecule has 0 aliphatic heterocycles. The predicted octanol–water partition coefficient (Wildman–Crippen LogP) is 3.86. The number of imidazole rings is 1. The van der Waals surface area contributed by atoms with Crippen molar-refractivity contribution in [3.63, 3.8) is 0 Å². The normalized spacial score (nSPS) is 11.2. The van der Waals surface area contributed by atoms with E-state index in [0.29, 0.717) is 5.92 Å². The van der Waals surface area contributed by atoms with Crippen LogP contribution in [0.3, 0.4) is 0 Å². The van der Waals surface area contributed by atoms with Gasteiger partial charge in [-0.15, -0.1) is 0 Å². The van der Waals surface area contributed by atoms with Gasteiger partial charge < -0.3 is 10.3 Å². The van der Waals surface area contributed by atoms with Crippen LogP contribution in [0.25, 0.3) is 11.3 Å². The summed E-state index contributed by atoms with van der Waals surface area (Å²) in [6.07, 6.45) is 0. The molecule has 2 aromatic rings. The number of halogens is 1. The number of aryl methyl sites for hydroxylation is 1. The Hall–Kier alpha value is -1.29. The van der Waals surface area contributed by atoms with Crippen molar-refractivity contribution in [1.82, 2.24) is 9.55 Å². The zero-order valence-electron chi connectivity index (χ0n) is 11.2. The first-order valence-electron chi connectivity index (χ1n) is 6.00. The third-order valence-corrected chi connectivity index (χ3v) is 4.01. The minimum absolute atomic E-state index is 0.364. The largest absolute Gasteiger partial charge is 0.383 e. The Kier molecular flexibility index (Phi) is 3.48. The summed E-state index contributed by atoms with van der Waals surface area (Å²) >= 11 is 3.51. The highest BCUT2D eigenvalue weighted by Crippen LogP contribution is 2.30. The summed E-state index contributed by atoms with van der Waals surface area (Å²) in [5.41, 5.74) is 9.27. The minimum Gasteiger partial charge on any atom is -0.383 e. The molecule has 3 nitrogen and oxygen atoms in total. The Balaban J connectivity index is 2.57. The molecule has 2 rings (SSSR count). The van der Waals surface area contributed by atoms with Crippen LogP contribution < -0.4 is 5.73 Å². The van der Waals surface area contributed by atoms with Crippen LogP contribution in [0, 0.1) is 6.92 Å². The van der Waals surface area contributed by atoms with Gasteiger partial charge in [-0.25, -0.2) is 4.98 Å². The van der Waals surface area contributed by atoms with Crippen molar-refractivity contribution >= 4 is 21.7 Å². The zero-order chi connectivity index (χ0) is 13.4. The van der Waals surface area contributed by atoms with Crippen LogP contribution in [0.2, 0.25) is 0 Å². The monoisotopic (exact) mass is 307 g/mol. The molecule has 1 aromatic heterocycles. The smallest absolute Gasteiger partial charge is 0.131 e. The molecule has 0 aliphatic rings. The molecule has 0 bridgehead atoms. The van der Waals surface area contributed by atoms with Gasteiger partial charge in [0.1, 0.15) is 17.3 Å². The van der Waals surface area contributed by atoms with Crippen molar-refractivity contribution in [2.45, 2.75) is 26.7 Å². The SMILES string of the molecule is Cc1cc(-c2nc(C(C)C)n(C)c2N)ccc1Br. The van der Waals surface area contributed by atoms with Crippen molar-refractivity contribution in [2.75, 3.05) is 5.73 Å². The highest BCUT2D eigenvalue weighted by atomic mass is 79.9. The molecule has 0 radical (unpaired) electrons. The van der Waals surface area contributed by atoms with Gasteiger partial charge in [-0.2, -0.15) is 0 Å². The average molecular weight is 308 g/mol. The zero-order valence-corrected chi connectivity index (χ0v) is 12.7. The number of hydrogen-bond acceptors (Lipinski definition) is 2. The number of nitrogen functional groups attached to an aromatic ring is 1. The number of hydrogen-bond donors (Lipinski definition) is 1. The van der Waals surface area contributed by atoms with Crippen molar-refractivity contribution in [1.29, 1.82) is 0 Å². The lowest BCUT2D eigenvalue weighted by atomic mass is 10.1. The van der Waals surface area contributed by atoms with E-state index < -0.39 is 0 Å². The van der Waals surface area contributed by atoms with Crippen LogP contribution >= 0.6 is 15.9 Å². The van der Waals surface area contributed by atoms with E-state index in [1.807, 2.05) is 23.7 Å². The van der Waals surface area contributed by atoms with Crippen LogP contribution in [0.5, 0.6) is 0 Å². The van der Waals surface area contributed by atoms with Gasteiger partial charge in [0.25, 0.3) is 0 Å². The lowest BCUT2D eigenvalue weighted by Gasteiger charge is -2.04. The quantitative estimate of drug-likeness (QED) is 0.915. The van der Waals surface area contributed by atoms with E-state index in [4.69, 9.17) is 5.73 Å². The third-order valence-electron chi connectivity index (χ3n) is 3.12.